The second-order valence-electron chi connectivity index (χ2n) is 7.50. The van der Waals surface area contributed by atoms with Crippen LogP contribution in [0.1, 0.15) is 6.92 Å². The molecule has 3 aromatic carbocycles. The van der Waals surface area contributed by atoms with Gasteiger partial charge < -0.3 is 14.8 Å². The van der Waals surface area contributed by atoms with E-state index in [4.69, 9.17) is 37.7 Å². The second kappa shape index (κ2) is 10.6. The van der Waals surface area contributed by atoms with Crippen LogP contribution in [-0.4, -0.2) is 34.9 Å². The number of thioether (sulfide) groups is 1. The first kappa shape index (κ1) is 24.9. The van der Waals surface area contributed by atoms with Gasteiger partial charge in [0.05, 0.1) is 36.1 Å². The molecule has 0 radical (unpaired) electrons. The molecule has 4 rings (SSSR count). The Bertz CT molecular complexity index is 1460. The number of nitrogens with one attached hydrogen (secondary N) is 1. The maximum absolute atomic E-state index is 13.6. The molecule has 10 heteroatoms. The van der Waals surface area contributed by atoms with Gasteiger partial charge in [-0.15, -0.1) is 0 Å². The van der Waals surface area contributed by atoms with Gasteiger partial charge >= 0.3 is 0 Å². The second-order valence-corrected chi connectivity index (χ2v) is 9.68. The van der Waals surface area contributed by atoms with E-state index in [0.717, 1.165) is 11.8 Å². The highest BCUT2D eigenvalue weighted by Gasteiger charge is 2.22. The number of amides is 1. The molecule has 1 aromatic heterocycles. The van der Waals surface area contributed by atoms with Crippen LogP contribution >= 0.6 is 35.0 Å². The third kappa shape index (κ3) is 5.40. The quantitative estimate of drug-likeness (QED) is 0.239. The summed E-state index contributed by atoms with van der Waals surface area (Å²) in [4.78, 5) is 31.3. The van der Waals surface area contributed by atoms with Gasteiger partial charge in [0.1, 0.15) is 11.5 Å². The van der Waals surface area contributed by atoms with Crippen molar-refractivity contribution in [2.24, 2.45) is 0 Å². The highest BCUT2D eigenvalue weighted by atomic mass is 35.5. The number of carbonyl (C=O) groups is 1. The lowest BCUT2D eigenvalue weighted by Gasteiger charge is -2.18. The lowest BCUT2D eigenvalue weighted by Crippen LogP contribution is -2.26. The highest BCUT2D eigenvalue weighted by Crippen LogP contribution is 2.32. The van der Waals surface area contributed by atoms with Crippen molar-refractivity contribution in [3.63, 3.8) is 0 Å². The molecule has 180 valence electrons. The number of halogens is 2. The SMILES string of the molecule is COc1ccc(OC)c(-n2c(SC(C)C(=O)Nc3cc(Cl)cc(Cl)c3)nc3ccccc3c2=O)c1. The number of fused-ring (bicyclic) bond motifs is 1. The Kier molecular flexibility index (Phi) is 7.54. The molecule has 1 amide bonds. The zero-order valence-electron chi connectivity index (χ0n) is 19.0. The third-order valence-corrected chi connectivity index (χ3v) is 6.64. The van der Waals surface area contributed by atoms with Crippen LogP contribution in [0.3, 0.4) is 0 Å². The van der Waals surface area contributed by atoms with E-state index in [1.165, 1.54) is 18.8 Å². The minimum absolute atomic E-state index is 0.293. The van der Waals surface area contributed by atoms with Gasteiger partial charge in [0.2, 0.25) is 5.91 Å². The Morgan fingerprint density at radius 2 is 1.74 bits per heavy atom. The molecular weight excluding hydrogens is 509 g/mol. The summed E-state index contributed by atoms with van der Waals surface area (Å²) in [5.41, 5.74) is 1.15. The molecule has 0 spiro atoms. The van der Waals surface area contributed by atoms with Crippen LogP contribution in [0.4, 0.5) is 5.69 Å². The third-order valence-electron chi connectivity index (χ3n) is 5.15. The summed E-state index contributed by atoms with van der Waals surface area (Å²) in [7, 11) is 3.06. The fraction of sp³-hybridized carbons (Fsp3) is 0.160. The lowest BCUT2D eigenvalue weighted by atomic mass is 10.2. The van der Waals surface area contributed by atoms with Gasteiger partial charge in [-0.2, -0.15) is 0 Å². The molecule has 1 atom stereocenters. The summed E-state index contributed by atoms with van der Waals surface area (Å²) in [6.45, 7) is 1.72. The molecule has 0 aliphatic heterocycles. The van der Waals surface area contributed by atoms with Crippen molar-refractivity contribution in [3.05, 3.63) is 81.1 Å². The van der Waals surface area contributed by atoms with Gasteiger partial charge in [0.25, 0.3) is 5.56 Å². The van der Waals surface area contributed by atoms with Crippen LogP contribution in [0.5, 0.6) is 11.5 Å². The van der Waals surface area contributed by atoms with Crippen LogP contribution in [0.25, 0.3) is 16.6 Å². The van der Waals surface area contributed by atoms with Crippen molar-refractivity contribution in [2.45, 2.75) is 17.3 Å². The number of anilines is 1. The number of aromatic nitrogens is 2. The molecule has 7 nitrogen and oxygen atoms in total. The van der Waals surface area contributed by atoms with Crippen LogP contribution in [0.15, 0.2) is 70.6 Å². The first-order chi connectivity index (χ1) is 16.8. The highest BCUT2D eigenvalue weighted by molar-refractivity contribution is 8.00. The number of nitrogens with zero attached hydrogens (tertiary/aromatic N) is 2. The van der Waals surface area contributed by atoms with Crippen LogP contribution < -0.4 is 20.3 Å². The van der Waals surface area contributed by atoms with Gasteiger partial charge in [-0.05, 0) is 49.4 Å². The smallest absolute Gasteiger partial charge is 0.266 e. The van der Waals surface area contributed by atoms with Crippen molar-refractivity contribution in [2.75, 3.05) is 19.5 Å². The summed E-state index contributed by atoms with van der Waals surface area (Å²) in [6, 6.07) is 17.0. The number of hydrogen-bond acceptors (Lipinski definition) is 6. The molecule has 0 fully saturated rings. The molecule has 1 heterocycles. The Morgan fingerprint density at radius 3 is 2.43 bits per heavy atom. The van der Waals surface area contributed by atoms with Gasteiger partial charge in [-0.1, -0.05) is 47.1 Å². The van der Waals surface area contributed by atoms with Crippen molar-refractivity contribution < 1.29 is 14.3 Å². The minimum atomic E-state index is -0.622. The Morgan fingerprint density at radius 1 is 1.03 bits per heavy atom. The van der Waals surface area contributed by atoms with Gasteiger partial charge in [0.15, 0.2) is 5.16 Å². The summed E-state index contributed by atoms with van der Waals surface area (Å²) in [6.07, 6.45) is 0. The molecule has 0 saturated carbocycles. The average Bonchev–Trinajstić information content (AvgIpc) is 2.83. The number of rotatable bonds is 7. The number of hydrogen-bond donors (Lipinski definition) is 1. The van der Waals surface area contributed by atoms with Crippen molar-refractivity contribution in [3.8, 4) is 17.2 Å². The number of methoxy groups -OCH3 is 2. The minimum Gasteiger partial charge on any atom is -0.497 e. The Labute approximate surface area is 216 Å². The van der Waals surface area contributed by atoms with Crippen LogP contribution in [-0.2, 0) is 4.79 Å². The number of carbonyl (C=O) groups excluding carboxylic acids is 1. The van der Waals surface area contributed by atoms with E-state index in [1.807, 2.05) is 0 Å². The predicted octanol–water partition coefficient (Wildman–Crippen LogP) is 5.83. The summed E-state index contributed by atoms with van der Waals surface area (Å²) in [5.74, 6) is 0.692. The topological polar surface area (TPSA) is 82.4 Å². The molecule has 35 heavy (non-hydrogen) atoms. The van der Waals surface area contributed by atoms with E-state index in [9.17, 15) is 9.59 Å². The van der Waals surface area contributed by atoms with Crippen molar-refractivity contribution in [1.29, 1.82) is 0 Å². The summed E-state index contributed by atoms with van der Waals surface area (Å²) in [5, 5.41) is 3.76. The standard InChI is InChI=1S/C25H21Cl2N3O4S/c1-14(23(31)28-17-11-15(26)10-16(27)12-17)35-25-29-20-7-5-4-6-19(20)24(32)30(25)21-13-18(33-2)8-9-22(21)34-3/h4-14H,1-3H3,(H,28,31). The zero-order chi connectivity index (χ0) is 25.1. The predicted molar refractivity (Wildman–Crippen MR) is 141 cm³/mol. The molecule has 0 bridgehead atoms. The van der Waals surface area contributed by atoms with Crippen LogP contribution in [0.2, 0.25) is 10.0 Å². The fourth-order valence-electron chi connectivity index (χ4n) is 3.46. The van der Waals surface area contributed by atoms with E-state index in [1.54, 1.807) is 67.6 Å². The Hall–Kier alpha value is -3.20. The molecule has 1 unspecified atom stereocenters. The number of ether oxygens (including phenoxy) is 2. The van der Waals surface area contributed by atoms with Gasteiger partial charge in [0, 0.05) is 21.8 Å². The van der Waals surface area contributed by atoms with Crippen LogP contribution in [0, 0.1) is 0 Å². The first-order valence-corrected chi connectivity index (χ1v) is 12.1. The van der Waals surface area contributed by atoms with E-state index in [-0.39, 0.29) is 11.5 Å². The Balaban J connectivity index is 1.78. The number of para-hydroxylation sites is 1. The average molecular weight is 530 g/mol. The molecule has 1 N–H and O–H groups in total. The maximum Gasteiger partial charge on any atom is 0.266 e. The molecule has 0 aliphatic carbocycles. The van der Waals surface area contributed by atoms with Crippen molar-refractivity contribution >= 4 is 57.5 Å². The van der Waals surface area contributed by atoms with E-state index in [2.05, 4.69) is 5.32 Å². The van der Waals surface area contributed by atoms with Gasteiger partial charge in [-0.3, -0.25) is 14.2 Å². The van der Waals surface area contributed by atoms with E-state index < -0.39 is 5.25 Å². The molecule has 0 saturated heterocycles. The van der Waals surface area contributed by atoms with E-state index >= 15 is 0 Å². The van der Waals surface area contributed by atoms with Crippen molar-refractivity contribution in [1.82, 2.24) is 9.55 Å². The van der Waals surface area contributed by atoms with E-state index in [0.29, 0.717) is 49.0 Å². The monoisotopic (exact) mass is 529 g/mol. The fourth-order valence-corrected chi connectivity index (χ4v) is 4.90. The lowest BCUT2D eigenvalue weighted by molar-refractivity contribution is -0.115. The largest absolute Gasteiger partial charge is 0.497 e. The normalized spacial score (nSPS) is 11.8. The summed E-state index contributed by atoms with van der Waals surface area (Å²) < 4.78 is 12.3. The molecular formula is C25H21Cl2N3O4S. The molecule has 0 aliphatic rings. The first-order valence-electron chi connectivity index (χ1n) is 10.5. The summed E-state index contributed by atoms with van der Waals surface area (Å²) >= 11 is 13.2. The van der Waals surface area contributed by atoms with Gasteiger partial charge in [-0.25, -0.2) is 4.98 Å². The maximum atomic E-state index is 13.6. The zero-order valence-corrected chi connectivity index (χ0v) is 21.4. The number of benzene rings is 3. The molecule has 4 aromatic rings.